The van der Waals surface area contributed by atoms with E-state index >= 15 is 0 Å². The number of benzene rings is 1. The molecule has 5 nitrogen and oxygen atoms in total. The fourth-order valence-corrected chi connectivity index (χ4v) is 3.47. The maximum Gasteiger partial charge on any atom is 0.233 e. The minimum atomic E-state index is 0.186. The Morgan fingerprint density at radius 1 is 1.35 bits per heavy atom. The van der Waals surface area contributed by atoms with Crippen molar-refractivity contribution in [2.24, 2.45) is 0 Å². The highest BCUT2D eigenvalue weighted by molar-refractivity contribution is 7.99. The Bertz CT molecular complexity index is 674. The molecule has 1 fully saturated rings. The Kier molecular flexibility index (Phi) is 4.71. The molecular weight excluding hydrogens is 308 g/mol. The molecule has 0 spiro atoms. The first-order valence-electron chi connectivity index (χ1n) is 7.97. The molecule has 0 aliphatic heterocycles. The van der Waals surface area contributed by atoms with Crippen molar-refractivity contribution in [1.29, 1.82) is 0 Å². The van der Waals surface area contributed by atoms with Crippen LogP contribution in [0.25, 0.3) is 5.69 Å². The fraction of sp³-hybridized carbons (Fsp3) is 0.471. The first-order valence-corrected chi connectivity index (χ1v) is 8.96. The zero-order valence-electron chi connectivity index (χ0n) is 13.8. The van der Waals surface area contributed by atoms with Crippen LogP contribution in [-0.4, -0.2) is 43.4 Å². The highest BCUT2D eigenvalue weighted by Crippen LogP contribution is 2.30. The van der Waals surface area contributed by atoms with Gasteiger partial charge in [0.25, 0.3) is 0 Å². The van der Waals surface area contributed by atoms with Crippen LogP contribution < -0.4 is 0 Å². The van der Waals surface area contributed by atoms with Crippen LogP contribution in [0.15, 0.2) is 35.7 Å². The van der Waals surface area contributed by atoms with E-state index in [1.807, 2.05) is 21.6 Å². The lowest BCUT2D eigenvalue weighted by molar-refractivity contribution is -0.130. The molecule has 3 rings (SSSR count). The van der Waals surface area contributed by atoms with Crippen LogP contribution in [0.4, 0.5) is 0 Å². The Morgan fingerprint density at radius 3 is 2.65 bits per heavy atom. The summed E-state index contributed by atoms with van der Waals surface area (Å²) in [5.74, 6) is 0.588. The van der Waals surface area contributed by atoms with Gasteiger partial charge >= 0.3 is 0 Å². The average Bonchev–Trinajstić information content (AvgIpc) is 3.22. The zero-order chi connectivity index (χ0) is 16.4. The number of thioether (sulfide) groups is 1. The van der Waals surface area contributed by atoms with Crippen LogP contribution in [0.3, 0.4) is 0 Å². The van der Waals surface area contributed by atoms with Crippen molar-refractivity contribution in [3.05, 3.63) is 36.2 Å². The van der Waals surface area contributed by atoms with Gasteiger partial charge in [-0.3, -0.25) is 9.36 Å². The van der Waals surface area contributed by atoms with Crippen LogP contribution in [0.2, 0.25) is 0 Å². The Balaban J connectivity index is 1.68. The SMILES string of the molecule is Cc1ccc(-n2cnnc2SCC(=O)N(C(C)C)C2CC2)cc1. The molecule has 1 aromatic carbocycles. The number of carbonyl (C=O) groups is 1. The predicted octanol–water partition coefficient (Wildman–Crippen LogP) is 3.07. The Labute approximate surface area is 141 Å². The monoisotopic (exact) mass is 330 g/mol. The van der Waals surface area contributed by atoms with E-state index < -0.39 is 0 Å². The van der Waals surface area contributed by atoms with Crippen LogP contribution in [-0.2, 0) is 4.79 Å². The second-order valence-corrected chi connectivity index (χ2v) is 7.18. The van der Waals surface area contributed by atoms with E-state index in [0.29, 0.717) is 11.8 Å². The topological polar surface area (TPSA) is 51.0 Å². The van der Waals surface area contributed by atoms with Crippen LogP contribution in [0.1, 0.15) is 32.3 Å². The van der Waals surface area contributed by atoms with E-state index in [9.17, 15) is 4.79 Å². The molecule has 0 bridgehead atoms. The summed E-state index contributed by atoms with van der Waals surface area (Å²) >= 11 is 1.45. The van der Waals surface area contributed by atoms with Gasteiger partial charge in [-0.1, -0.05) is 29.5 Å². The highest BCUT2D eigenvalue weighted by atomic mass is 32.2. The molecule has 122 valence electrons. The third kappa shape index (κ3) is 3.75. The molecule has 0 unspecified atom stereocenters. The highest BCUT2D eigenvalue weighted by Gasteiger charge is 2.34. The lowest BCUT2D eigenvalue weighted by Gasteiger charge is -2.26. The Hall–Kier alpha value is -1.82. The fourth-order valence-electron chi connectivity index (χ4n) is 2.67. The quantitative estimate of drug-likeness (QED) is 0.764. The standard InChI is InChI=1S/C17H22N4OS/c1-12(2)21(15-8-9-15)16(22)10-23-17-19-18-11-20(17)14-6-4-13(3)5-7-14/h4-7,11-12,15H,8-10H2,1-3H3. The summed E-state index contributed by atoms with van der Waals surface area (Å²) in [6.07, 6.45) is 3.96. The molecule has 0 atom stereocenters. The molecule has 0 N–H and O–H groups in total. The summed E-state index contributed by atoms with van der Waals surface area (Å²) in [7, 11) is 0. The van der Waals surface area contributed by atoms with E-state index in [1.54, 1.807) is 6.33 Å². The second-order valence-electron chi connectivity index (χ2n) is 6.23. The molecule has 1 heterocycles. The van der Waals surface area contributed by atoms with Crippen molar-refractivity contribution in [3.63, 3.8) is 0 Å². The number of hydrogen-bond donors (Lipinski definition) is 0. The van der Waals surface area contributed by atoms with Crippen LogP contribution in [0, 0.1) is 6.92 Å². The molecule has 1 aliphatic carbocycles. The second kappa shape index (κ2) is 6.74. The molecule has 1 amide bonds. The van der Waals surface area contributed by atoms with Gasteiger partial charge in [-0.25, -0.2) is 0 Å². The van der Waals surface area contributed by atoms with Crippen LogP contribution in [0.5, 0.6) is 0 Å². The molecule has 23 heavy (non-hydrogen) atoms. The van der Waals surface area contributed by atoms with Gasteiger partial charge in [-0.05, 0) is 45.7 Å². The molecular formula is C17H22N4OS. The van der Waals surface area contributed by atoms with Crippen molar-refractivity contribution in [1.82, 2.24) is 19.7 Å². The van der Waals surface area contributed by atoms with Gasteiger partial charge in [-0.2, -0.15) is 0 Å². The van der Waals surface area contributed by atoms with E-state index in [-0.39, 0.29) is 11.9 Å². The van der Waals surface area contributed by atoms with E-state index in [1.165, 1.54) is 17.3 Å². The van der Waals surface area contributed by atoms with Gasteiger partial charge in [0.15, 0.2) is 5.16 Å². The minimum absolute atomic E-state index is 0.186. The Morgan fingerprint density at radius 2 is 2.04 bits per heavy atom. The van der Waals surface area contributed by atoms with E-state index in [2.05, 4.69) is 43.1 Å². The summed E-state index contributed by atoms with van der Waals surface area (Å²) in [6.45, 7) is 6.22. The smallest absolute Gasteiger partial charge is 0.233 e. The van der Waals surface area contributed by atoms with Gasteiger partial charge in [0.05, 0.1) is 5.75 Å². The van der Waals surface area contributed by atoms with Crippen molar-refractivity contribution in [2.45, 2.75) is 50.9 Å². The third-order valence-corrected chi connectivity index (χ3v) is 4.87. The molecule has 2 aromatic rings. The summed E-state index contributed by atoms with van der Waals surface area (Å²) in [6, 6.07) is 8.89. The minimum Gasteiger partial charge on any atom is -0.337 e. The van der Waals surface area contributed by atoms with Gasteiger partial charge in [0, 0.05) is 17.8 Å². The van der Waals surface area contributed by atoms with Crippen molar-refractivity contribution in [3.8, 4) is 5.69 Å². The normalized spacial score (nSPS) is 14.3. The third-order valence-electron chi connectivity index (χ3n) is 3.94. The van der Waals surface area contributed by atoms with Crippen LogP contribution >= 0.6 is 11.8 Å². The number of carbonyl (C=O) groups excluding carboxylic acids is 1. The molecule has 1 aliphatic rings. The predicted molar refractivity (Wildman–Crippen MR) is 91.8 cm³/mol. The summed E-state index contributed by atoms with van der Waals surface area (Å²) in [4.78, 5) is 14.5. The van der Waals surface area contributed by atoms with E-state index in [0.717, 1.165) is 23.7 Å². The number of aromatic nitrogens is 3. The first kappa shape index (κ1) is 16.1. The summed E-state index contributed by atoms with van der Waals surface area (Å²) in [5.41, 5.74) is 2.22. The molecule has 1 aromatic heterocycles. The lowest BCUT2D eigenvalue weighted by atomic mass is 10.2. The zero-order valence-corrected chi connectivity index (χ0v) is 14.6. The van der Waals surface area contributed by atoms with Gasteiger partial charge in [0.2, 0.25) is 5.91 Å². The van der Waals surface area contributed by atoms with Gasteiger partial charge < -0.3 is 4.90 Å². The molecule has 1 saturated carbocycles. The maximum absolute atomic E-state index is 12.5. The number of nitrogens with zero attached hydrogens (tertiary/aromatic N) is 4. The van der Waals surface area contributed by atoms with Crippen molar-refractivity contribution in [2.75, 3.05) is 5.75 Å². The molecule has 6 heteroatoms. The van der Waals surface area contributed by atoms with Gasteiger partial charge in [0.1, 0.15) is 6.33 Å². The first-order chi connectivity index (χ1) is 11.1. The van der Waals surface area contributed by atoms with E-state index in [4.69, 9.17) is 0 Å². The summed E-state index contributed by atoms with van der Waals surface area (Å²) < 4.78 is 1.92. The number of aryl methyl sites for hydroxylation is 1. The number of amides is 1. The van der Waals surface area contributed by atoms with Crippen molar-refractivity contribution >= 4 is 17.7 Å². The maximum atomic E-state index is 12.5. The average molecular weight is 330 g/mol. The molecule has 0 saturated heterocycles. The largest absolute Gasteiger partial charge is 0.337 e. The van der Waals surface area contributed by atoms with Crippen molar-refractivity contribution < 1.29 is 4.79 Å². The lowest BCUT2D eigenvalue weighted by Crippen LogP contribution is -2.39. The number of rotatable bonds is 6. The molecule has 0 radical (unpaired) electrons. The summed E-state index contributed by atoms with van der Waals surface area (Å²) in [5, 5.41) is 8.90. The number of hydrogen-bond acceptors (Lipinski definition) is 4. The van der Waals surface area contributed by atoms with Gasteiger partial charge in [-0.15, -0.1) is 10.2 Å².